The van der Waals surface area contributed by atoms with Crippen LogP contribution in [0, 0.1) is 5.41 Å². The van der Waals surface area contributed by atoms with Gasteiger partial charge in [-0.3, -0.25) is 0 Å². The lowest BCUT2D eigenvalue weighted by atomic mass is 9.60. The van der Waals surface area contributed by atoms with Crippen LogP contribution in [0.1, 0.15) is 53.9 Å². The first-order chi connectivity index (χ1) is 7.41. The molecule has 2 rings (SSSR count). The van der Waals surface area contributed by atoms with E-state index in [4.69, 9.17) is 4.74 Å². The van der Waals surface area contributed by atoms with Gasteiger partial charge < -0.3 is 9.64 Å². The fourth-order valence-electron chi connectivity index (χ4n) is 3.45. The second-order valence-corrected chi connectivity index (χ2v) is 6.46. The maximum atomic E-state index is 5.70. The molecule has 0 aromatic carbocycles. The van der Waals surface area contributed by atoms with Crippen molar-refractivity contribution in [1.82, 2.24) is 4.90 Å². The summed E-state index contributed by atoms with van der Waals surface area (Å²) < 4.78 is 5.70. The summed E-state index contributed by atoms with van der Waals surface area (Å²) >= 11 is 0. The van der Waals surface area contributed by atoms with Crippen molar-refractivity contribution in [3.63, 3.8) is 0 Å². The molecule has 0 aromatic rings. The highest BCUT2D eigenvalue weighted by atomic mass is 16.6. The topological polar surface area (TPSA) is 15.8 Å². The van der Waals surface area contributed by atoms with Crippen LogP contribution in [0.3, 0.4) is 0 Å². The third-order valence-corrected chi connectivity index (χ3v) is 4.69. The average Bonchev–Trinajstić information content (AvgIpc) is 2.76. The molecule has 1 spiro atoms. The van der Waals surface area contributed by atoms with Crippen molar-refractivity contribution in [2.75, 3.05) is 13.1 Å². The van der Waals surface area contributed by atoms with E-state index in [1.807, 2.05) is 0 Å². The first-order valence-corrected chi connectivity index (χ1v) is 6.83. The summed E-state index contributed by atoms with van der Waals surface area (Å²) in [6.45, 7) is 13.9. The summed E-state index contributed by atoms with van der Waals surface area (Å²) in [5.74, 6) is 0. The zero-order valence-corrected chi connectivity index (χ0v) is 11.5. The molecule has 94 valence electrons. The van der Waals surface area contributed by atoms with Crippen molar-refractivity contribution in [2.45, 2.75) is 71.6 Å². The molecule has 1 unspecified atom stereocenters. The fraction of sp³-hybridized carbons (Fsp3) is 1.00. The largest absolute Gasteiger partial charge is 0.366 e. The smallest absolute Gasteiger partial charge is 0.0955 e. The van der Waals surface area contributed by atoms with Crippen molar-refractivity contribution < 1.29 is 4.74 Å². The zero-order chi connectivity index (χ0) is 12.0. The molecular weight excluding hydrogens is 198 g/mol. The Morgan fingerprint density at radius 2 is 1.94 bits per heavy atom. The van der Waals surface area contributed by atoms with Crippen molar-refractivity contribution >= 4 is 0 Å². The van der Waals surface area contributed by atoms with Gasteiger partial charge in [-0.15, -0.1) is 0 Å². The number of epoxide rings is 1. The fourth-order valence-corrected chi connectivity index (χ4v) is 3.45. The lowest BCUT2D eigenvalue weighted by molar-refractivity contribution is 0.0195. The average molecular weight is 225 g/mol. The van der Waals surface area contributed by atoms with Gasteiger partial charge in [0.1, 0.15) is 0 Å². The van der Waals surface area contributed by atoms with Crippen LogP contribution in [-0.2, 0) is 4.74 Å². The Balaban J connectivity index is 1.74. The standard InChI is InChI=1S/C14H27NO/c1-6-15(11(2)3)8-7-13(5)9-14(10-13)12(4)16-14/h11-12H,6-10H2,1-5H3. The Morgan fingerprint density at radius 3 is 2.31 bits per heavy atom. The molecule has 2 fully saturated rings. The molecule has 0 N–H and O–H groups in total. The van der Waals surface area contributed by atoms with Gasteiger partial charge in [-0.25, -0.2) is 0 Å². The highest BCUT2D eigenvalue weighted by Gasteiger charge is 2.65. The highest BCUT2D eigenvalue weighted by Crippen LogP contribution is 2.62. The van der Waals surface area contributed by atoms with Crippen LogP contribution in [0.15, 0.2) is 0 Å². The van der Waals surface area contributed by atoms with Gasteiger partial charge in [0.05, 0.1) is 11.7 Å². The van der Waals surface area contributed by atoms with E-state index in [9.17, 15) is 0 Å². The monoisotopic (exact) mass is 225 g/mol. The molecule has 1 saturated heterocycles. The second-order valence-electron chi connectivity index (χ2n) is 6.46. The van der Waals surface area contributed by atoms with Gasteiger partial charge >= 0.3 is 0 Å². The molecule has 1 atom stereocenters. The lowest BCUT2D eigenvalue weighted by Crippen LogP contribution is -2.45. The van der Waals surface area contributed by atoms with E-state index in [-0.39, 0.29) is 0 Å². The van der Waals surface area contributed by atoms with E-state index in [2.05, 4.69) is 39.5 Å². The SMILES string of the molecule is CCN(CCC1(C)CC2(C1)OC2C)C(C)C. The summed E-state index contributed by atoms with van der Waals surface area (Å²) in [5.41, 5.74) is 0.872. The van der Waals surface area contributed by atoms with Crippen LogP contribution in [0.4, 0.5) is 0 Å². The van der Waals surface area contributed by atoms with Gasteiger partial charge in [0.25, 0.3) is 0 Å². The molecule has 2 heteroatoms. The van der Waals surface area contributed by atoms with Crippen molar-refractivity contribution in [3.8, 4) is 0 Å². The Morgan fingerprint density at radius 1 is 1.38 bits per heavy atom. The molecule has 16 heavy (non-hydrogen) atoms. The van der Waals surface area contributed by atoms with Crippen LogP contribution in [0.25, 0.3) is 0 Å². The van der Waals surface area contributed by atoms with Crippen LogP contribution in [-0.4, -0.2) is 35.7 Å². The van der Waals surface area contributed by atoms with Gasteiger partial charge in [0.15, 0.2) is 0 Å². The summed E-state index contributed by atoms with van der Waals surface area (Å²) in [7, 11) is 0. The highest BCUT2D eigenvalue weighted by molar-refractivity contribution is 5.14. The summed E-state index contributed by atoms with van der Waals surface area (Å²) in [5, 5.41) is 0. The Bertz CT molecular complexity index is 255. The summed E-state index contributed by atoms with van der Waals surface area (Å²) in [6.07, 6.45) is 4.44. The molecule has 2 aliphatic rings. The van der Waals surface area contributed by atoms with Gasteiger partial charge in [-0.2, -0.15) is 0 Å². The third kappa shape index (κ3) is 2.14. The summed E-state index contributed by atoms with van der Waals surface area (Å²) in [6, 6.07) is 0.679. The minimum atomic E-state index is 0.323. The quantitative estimate of drug-likeness (QED) is 0.668. The Labute approximate surface area is 100 Å². The normalized spacial score (nSPS) is 41.8. The maximum Gasteiger partial charge on any atom is 0.0955 e. The molecule has 1 heterocycles. The number of hydrogen-bond donors (Lipinski definition) is 0. The molecule has 0 aromatic heterocycles. The van der Waals surface area contributed by atoms with E-state index < -0.39 is 0 Å². The third-order valence-electron chi connectivity index (χ3n) is 4.69. The molecule has 0 radical (unpaired) electrons. The Hall–Kier alpha value is -0.0800. The Kier molecular flexibility index (Phi) is 3.09. The van der Waals surface area contributed by atoms with Crippen LogP contribution >= 0.6 is 0 Å². The molecule has 0 bridgehead atoms. The lowest BCUT2D eigenvalue weighted by Gasteiger charge is -2.45. The predicted molar refractivity (Wildman–Crippen MR) is 67.6 cm³/mol. The first-order valence-electron chi connectivity index (χ1n) is 6.83. The van der Waals surface area contributed by atoms with Crippen molar-refractivity contribution in [1.29, 1.82) is 0 Å². The van der Waals surface area contributed by atoms with Crippen LogP contribution in [0.5, 0.6) is 0 Å². The number of nitrogens with zero attached hydrogens (tertiary/aromatic N) is 1. The molecular formula is C14H27NO. The van der Waals surface area contributed by atoms with Gasteiger partial charge in [0, 0.05) is 6.04 Å². The molecule has 1 aliphatic heterocycles. The van der Waals surface area contributed by atoms with E-state index in [1.165, 1.54) is 32.4 Å². The van der Waals surface area contributed by atoms with Crippen LogP contribution in [0.2, 0.25) is 0 Å². The zero-order valence-electron chi connectivity index (χ0n) is 11.5. The van der Waals surface area contributed by atoms with Crippen LogP contribution < -0.4 is 0 Å². The minimum Gasteiger partial charge on any atom is -0.366 e. The molecule has 1 saturated carbocycles. The summed E-state index contributed by atoms with van der Waals surface area (Å²) in [4.78, 5) is 2.56. The maximum absolute atomic E-state index is 5.70. The number of ether oxygens (including phenoxy) is 1. The minimum absolute atomic E-state index is 0.323. The van der Waals surface area contributed by atoms with Gasteiger partial charge in [-0.1, -0.05) is 13.8 Å². The van der Waals surface area contributed by atoms with E-state index in [0.29, 0.717) is 23.2 Å². The second kappa shape index (κ2) is 3.99. The first kappa shape index (κ1) is 12.4. The molecule has 2 nitrogen and oxygen atoms in total. The van der Waals surface area contributed by atoms with E-state index >= 15 is 0 Å². The van der Waals surface area contributed by atoms with E-state index in [0.717, 1.165) is 0 Å². The van der Waals surface area contributed by atoms with Gasteiger partial charge in [0.2, 0.25) is 0 Å². The van der Waals surface area contributed by atoms with Crippen molar-refractivity contribution in [3.05, 3.63) is 0 Å². The molecule has 0 amide bonds. The van der Waals surface area contributed by atoms with Gasteiger partial charge in [-0.05, 0) is 58.5 Å². The number of hydrogen-bond acceptors (Lipinski definition) is 2. The number of rotatable bonds is 5. The predicted octanol–water partition coefficient (Wildman–Crippen LogP) is 3.06. The van der Waals surface area contributed by atoms with Crippen molar-refractivity contribution in [2.24, 2.45) is 5.41 Å². The van der Waals surface area contributed by atoms with E-state index in [1.54, 1.807) is 0 Å². The molecule has 1 aliphatic carbocycles.